The molecule has 1 amide bonds. The normalized spacial score (nSPS) is 11.3. The maximum atomic E-state index is 12.4. The second kappa shape index (κ2) is 9.47. The van der Waals surface area contributed by atoms with Gasteiger partial charge in [0, 0.05) is 25.1 Å². The van der Waals surface area contributed by atoms with Crippen LogP contribution >= 0.6 is 22.9 Å². The van der Waals surface area contributed by atoms with Gasteiger partial charge in [-0.3, -0.25) is 20.2 Å². The van der Waals surface area contributed by atoms with Crippen LogP contribution in [0.15, 0.2) is 47.4 Å². The lowest BCUT2D eigenvalue weighted by Gasteiger charge is -2.06. The lowest BCUT2D eigenvalue weighted by Crippen LogP contribution is -2.25. The number of nitro benzene ring substituents is 1. The number of benzene rings is 2. The van der Waals surface area contributed by atoms with Crippen LogP contribution in [0, 0.1) is 17.0 Å². The highest BCUT2D eigenvalue weighted by Crippen LogP contribution is 2.24. The Morgan fingerprint density at radius 2 is 1.90 bits per heavy atom. The maximum Gasteiger partial charge on any atom is 0.270 e. The van der Waals surface area contributed by atoms with Crippen molar-refractivity contribution >= 4 is 49.7 Å². The van der Waals surface area contributed by atoms with Crippen molar-refractivity contribution in [2.24, 2.45) is 0 Å². The molecule has 0 aliphatic heterocycles. The van der Waals surface area contributed by atoms with Gasteiger partial charge in [-0.1, -0.05) is 40.6 Å². The zero-order chi connectivity index (χ0) is 22.6. The number of halogens is 1. The van der Waals surface area contributed by atoms with Crippen LogP contribution in [0.2, 0.25) is 5.02 Å². The summed E-state index contributed by atoms with van der Waals surface area (Å²) < 4.78 is 27.1. The summed E-state index contributed by atoms with van der Waals surface area (Å²) in [5.74, 6) is -0.670. The number of amides is 1. The summed E-state index contributed by atoms with van der Waals surface area (Å²) in [5, 5.41) is 21.8. The Balaban J connectivity index is 1.59. The summed E-state index contributed by atoms with van der Waals surface area (Å²) in [7, 11) is -3.64. The van der Waals surface area contributed by atoms with Gasteiger partial charge in [0.2, 0.25) is 15.2 Å². The van der Waals surface area contributed by atoms with Crippen LogP contribution in [0.4, 0.5) is 10.8 Å². The highest BCUT2D eigenvalue weighted by Gasteiger charge is 2.18. The van der Waals surface area contributed by atoms with Crippen molar-refractivity contribution in [1.82, 2.24) is 14.9 Å². The number of rotatable bonds is 8. The van der Waals surface area contributed by atoms with Gasteiger partial charge in [-0.2, -0.15) is 0 Å². The highest BCUT2D eigenvalue weighted by molar-refractivity contribution is 7.89. The third kappa shape index (κ3) is 5.82. The van der Waals surface area contributed by atoms with Crippen molar-refractivity contribution in [3.8, 4) is 0 Å². The molecule has 0 aliphatic carbocycles. The third-order valence-electron chi connectivity index (χ3n) is 4.05. The fourth-order valence-corrected chi connectivity index (χ4v) is 4.43. The molecule has 31 heavy (non-hydrogen) atoms. The molecule has 0 aliphatic rings. The Morgan fingerprint density at radius 3 is 2.58 bits per heavy atom. The first-order valence-corrected chi connectivity index (χ1v) is 11.5. The first kappa shape index (κ1) is 22.7. The summed E-state index contributed by atoms with van der Waals surface area (Å²) >= 11 is 7.01. The zero-order valence-corrected chi connectivity index (χ0v) is 18.4. The molecule has 162 valence electrons. The molecule has 0 unspecified atom stereocenters. The molecule has 10 nitrogen and oxygen atoms in total. The Hall–Kier alpha value is -2.93. The Bertz CT molecular complexity index is 1230. The van der Waals surface area contributed by atoms with E-state index >= 15 is 0 Å². The highest BCUT2D eigenvalue weighted by atomic mass is 35.5. The van der Waals surface area contributed by atoms with Crippen LogP contribution < -0.4 is 10.0 Å². The van der Waals surface area contributed by atoms with E-state index in [4.69, 9.17) is 11.6 Å². The minimum Gasteiger partial charge on any atom is -0.296 e. The van der Waals surface area contributed by atoms with E-state index < -0.39 is 20.9 Å². The number of carbonyl (C=O) groups is 1. The molecular weight excluding hydrogens is 466 g/mol. The molecule has 0 saturated carbocycles. The number of nitrogens with zero attached hydrogens (tertiary/aromatic N) is 3. The summed E-state index contributed by atoms with van der Waals surface area (Å²) in [6, 6.07) is 9.99. The van der Waals surface area contributed by atoms with Gasteiger partial charge < -0.3 is 0 Å². The van der Waals surface area contributed by atoms with Gasteiger partial charge in [-0.15, -0.1) is 10.2 Å². The fraction of sp³-hybridized carbons (Fsp3) is 0.167. The van der Waals surface area contributed by atoms with E-state index in [0.717, 1.165) is 23.0 Å². The minimum absolute atomic E-state index is 0.0540. The van der Waals surface area contributed by atoms with Gasteiger partial charge in [-0.25, -0.2) is 13.1 Å². The average Bonchev–Trinajstić information content (AvgIpc) is 3.15. The molecule has 2 N–H and O–H groups in total. The fourth-order valence-electron chi connectivity index (χ4n) is 2.46. The maximum absolute atomic E-state index is 12.4. The smallest absolute Gasteiger partial charge is 0.270 e. The molecule has 0 spiro atoms. The Labute approximate surface area is 186 Å². The molecule has 3 rings (SSSR count). The average molecular weight is 482 g/mol. The van der Waals surface area contributed by atoms with Crippen molar-refractivity contribution in [2.45, 2.75) is 18.2 Å². The van der Waals surface area contributed by atoms with Crippen molar-refractivity contribution < 1.29 is 18.1 Å². The minimum atomic E-state index is -3.64. The van der Waals surface area contributed by atoms with Crippen LogP contribution in [0.25, 0.3) is 0 Å². The molecule has 2 aromatic carbocycles. The second-order valence-corrected chi connectivity index (χ2v) is 9.57. The van der Waals surface area contributed by atoms with Crippen LogP contribution in [-0.4, -0.2) is 36.0 Å². The van der Waals surface area contributed by atoms with Gasteiger partial charge in [0.1, 0.15) is 5.01 Å². The van der Waals surface area contributed by atoms with Crippen molar-refractivity contribution in [3.63, 3.8) is 0 Å². The number of hydrogen-bond donors (Lipinski definition) is 2. The summed E-state index contributed by atoms with van der Waals surface area (Å²) in [6.07, 6.45) is 0.260. The monoisotopic (exact) mass is 481 g/mol. The van der Waals surface area contributed by atoms with Gasteiger partial charge in [0.25, 0.3) is 11.6 Å². The molecule has 13 heteroatoms. The topological polar surface area (TPSA) is 144 Å². The number of hydrogen-bond acceptors (Lipinski definition) is 8. The number of aryl methyl sites for hydroxylation is 1. The van der Waals surface area contributed by atoms with E-state index in [9.17, 15) is 23.3 Å². The van der Waals surface area contributed by atoms with E-state index in [1.54, 1.807) is 12.1 Å². The van der Waals surface area contributed by atoms with Crippen LogP contribution in [-0.2, 0) is 16.4 Å². The van der Waals surface area contributed by atoms with Gasteiger partial charge >= 0.3 is 0 Å². The molecule has 0 atom stereocenters. The number of nitrogens with one attached hydrogen (secondary N) is 2. The molecule has 1 heterocycles. The SMILES string of the molecule is Cc1ccc(S(=O)(=O)NCCc2nnc(NC(=O)c3cc([N+](=O)[O-])ccc3Cl)s2)cc1. The van der Waals surface area contributed by atoms with Gasteiger partial charge in [0.05, 0.1) is 20.4 Å². The zero-order valence-electron chi connectivity index (χ0n) is 16.0. The number of sulfonamides is 1. The molecule has 0 saturated heterocycles. The lowest BCUT2D eigenvalue weighted by atomic mass is 10.2. The first-order chi connectivity index (χ1) is 14.7. The van der Waals surface area contributed by atoms with Crippen molar-refractivity contribution in [2.75, 3.05) is 11.9 Å². The Kier molecular flexibility index (Phi) is 6.95. The van der Waals surface area contributed by atoms with E-state index in [1.165, 1.54) is 24.3 Å². The van der Waals surface area contributed by atoms with Gasteiger partial charge in [-0.05, 0) is 25.1 Å². The molecular formula is C18H16ClN5O5S2. The number of nitro groups is 1. The second-order valence-electron chi connectivity index (χ2n) is 6.34. The number of anilines is 1. The van der Waals surface area contributed by atoms with Crippen molar-refractivity contribution in [1.29, 1.82) is 0 Å². The quantitative estimate of drug-likeness (QED) is 0.371. The van der Waals surface area contributed by atoms with E-state index in [-0.39, 0.29) is 39.3 Å². The summed E-state index contributed by atoms with van der Waals surface area (Å²) in [4.78, 5) is 22.8. The largest absolute Gasteiger partial charge is 0.296 e. The van der Waals surface area contributed by atoms with Crippen LogP contribution in [0.3, 0.4) is 0 Å². The van der Waals surface area contributed by atoms with Crippen molar-refractivity contribution in [3.05, 3.63) is 73.7 Å². The Morgan fingerprint density at radius 1 is 1.19 bits per heavy atom. The summed E-state index contributed by atoms with van der Waals surface area (Å²) in [5.41, 5.74) is 0.612. The number of non-ortho nitro benzene ring substituents is 1. The number of carbonyl (C=O) groups excluding carboxylic acids is 1. The third-order valence-corrected chi connectivity index (χ3v) is 6.76. The number of aromatic nitrogens is 2. The molecule has 0 bridgehead atoms. The lowest BCUT2D eigenvalue weighted by molar-refractivity contribution is -0.384. The molecule has 1 aromatic heterocycles. The first-order valence-electron chi connectivity index (χ1n) is 8.80. The standard InChI is InChI=1S/C18H16ClN5O5S2/c1-11-2-5-13(6-3-11)31(28,29)20-9-8-16-22-23-18(30-16)21-17(25)14-10-12(24(26)27)4-7-15(14)19/h2-7,10,20H,8-9H2,1H3,(H,21,23,25). The molecule has 0 fully saturated rings. The molecule has 0 radical (unpaired) electrons. The van der Waals surface area contributed by atoms with Crippen LogP contribution in [0.5, 0.6) is 0 Å². The molecule has 3 aromatic rings. The van der Waals surface area contributed by atoms with E-state index in [1.807, 2.05) is 6.92 Å². The predicted octanol–water partition coefficient (Wildman–Crippen LogP) is 3.18. The van der Waals surface area contributed by atoms with E-state index in [0.29, 0.717) is 5.01 Å². The van der Waals surface area contributed by atoms with Gasteiger partial charge in [0.15, 0.2) is 0 Å². The van der Waals surface area contributed by atoms with E-state index in [2.05, 4.69) is 20.2 Å². The summed E-state index contributed by atoms with van der Waals surface area (Å²) in [6.45, 7) is 1.96. The van der Waals surface area contributed by atoms with Crippen LogP contribution in [0.1, 0.15) is 20.9 Å². The predicted molar refractivity (Wildman–Crippen MR) is 116 cm³/mol.